The van der Waals surface area contributed by atoms with E-state index in [1.54, 1.807) is 0 Å². The molecule has 18 heavy (non-hydrogen) atoms. The molecule has 0 atom stereocenters. The zero-order valence-corrected chi connectivity index (χ0v) is 12.0. The van der Waals surface area contributed by atoms with Crippen LogP contribution in [0.4, 0.5) is 0 Å². The summed E-state index contributed by atoms with van der Waals surface area (Å²) in [5.41, 5.74) is 4.25. The molecule has 0 unspecified atom stereocenters. The van der Waals surface area contributed by atoms with Crippen molar-refractivity contribution in [2.45, 2.75) is 71.4 Å². The molecule has 0 aromatic heterocycles. The van der Waals surface area contributed by atoms with Crippen LogP contribution in [0.15, 0.2) is 18.2 Å². The van der Waals surface area contributed by atoms with Gasteiger partial charge in [0.25, 0.3) is 0 Å². The van der Waals surface area contributed by atoms with E-state index in [4.69, 9.17) is 0 Å². The molecule has 0 radical (unpaired) electrons. The first-order valence-electron chi connectivity index (χ1n) is 7.55. The highest BCUT2D eigenvalue weighted by molar-refractivity contribution is 5.30. The summed E-state index contributed by atoms with van der Waals surface area (Å²) in [6, 6.07) is 7.53. The quantitative estimate of drug-likeness (QED) is 0.826. The Hall–Kier alpha value is -0.820. The molecule has 1 aliphatic carbocycles. The van der Waals surface area contributed by atoms with Gasteiger partial charge in [0.05, 0.1) is 0 Å². The Labute approximate surface area is 112 Å². The van der Waals surface area contributed by atoms with Gasteiger partial charge in [0.1, 0.15) is 0 Å². The molecule has 0 amide bonds. The van der Waals surface area contributed by atoms with Crippen LogP contribution in [0, 0.1) is 13.8 Å². The number of aryl methyl sites for hydroxylation is 2. The molecule has 2 rings (SSSR count). The maximum Gasteiger partial charge on any atom is 0.0210 e. The zero-order valence-electron chi connectivity index (χ0n) is 12.0. The molecule has 1 nitrogen and oxygen atoms in total. The van der Waals surface area contributed by atoms with E-state index in [0.717, 1.165) is 12.6 Å². The van der Waals surface area contributed by atoms with Crippen LogP contribution in [0.2, 0.25) is 0 Å². The molecule has 1 aromatic rings. The highest BCUT2D eigenvalue weighted by Crippen LogP contribution is 2.18. The Balaban J connectivity index is 1.85. The lowest BCUT2D eigenvalue weighted by molar-refractivity contribution is 0.389. The Morgan fingerprint density at radius 3 is 2.33 bits per heavy atom. The van der Waals surface area contributed by atoms with Gasteiger partial charge in [0, 0.05) is 12.6 Å². The molecule has 1 heteroatoms. The van der Waals surface area contributed by atoms with Gasteiger partial charge in [-0.25, -0.2) is 0 Å². The van der Waals surface area contributed by atoms with Crippen molar-refractivity contribution in [2.75, 3.05) is 0 Å². The maximum absolute atomic E-state index is 3.77. The second kappa shape index (κ2) is 6.94. The largest absolute Gasteiger partial charge is 0.310 e. The SMILES string of the molecule is Cc1ccc(CNC2CCCCCCC2)c(C)c1. The standard InChI is InChI=1S/C17H27N/c1-14-10-11-16(15(2)12-14)13-18-17-8-6-4-3-5-7-9-17/h10-12,17-18H,3-9,13H2,1-2H3. The molecular formula is C17H27N. The summed E-state index contributed by atoms with van der Waals surface area (Å²) in [6.07, 6.45) is 9.86. The van der Waals surface area contributed by atoms with Gasteiger partial charge in [-0.15, -0.1) is 0 Å². The van der Waals surface area contributed by atoms with Gasteiger partial charge in [-0.1, -0.05) is 55.9 Å². The number of rotatable bonds is 3. The molecule has 1 fully saturated rings. The maximum atomic E-state index is 3.77. The highest BCUT2D eigenvalue weighted by Gasteiger charge is 2.10. The van der Waals surface area contributed by atoms with Gasteiger partial charge >= 0.3 is 0 Å². The van der Waals surface area contributed by atoms with E-state index in [-0.39, 0.29) is 0 Å². The molecule has 0 aliphatic heterocycles. The van der Waals surface area contributed by atoms with E-state index >= 15 is 0 Å². The first-order chi connectivity index (χ1) is 8.75. The fraction of sp³-hybridized carbons (Fsp3) is 0.647. The molecule has 0 bridgehead atoms. The molecule has 1 N–H and O–H groups in total. The summed E-state index contributed by atoms with van der Waals surface area (Å²) >= 11 is 0. The van der Waals surface area contributed by atoms with Crippen molar-refractivity contribution < 1.29 is 0 Å². The molecule has 1 aromatic carbocycles. The number of hydrogen-bond acceptors (Lipinski definition) is 1. The molecule has 1 saturated carbocycles. The fourth-order valence-electron chi connectivity index (χ4n) is 2.96. The third-order valence-corrected chi connectivity index (χ3v) is 4.18. The molecule has 0 heterocycles. The number of hydrogen-bond donors (Lipinski definition) is 1. The van der Waals surface area contributed by atoms with Gasteiger partial charge in [-0.2, -0.15) is 0 Å². The van der Waals surface area contributed by atoms with E-state index in [0.29, 0.717) is 0 Å². The lowest BCUT2D eigenvalue weighted by Gasteiger charge is -2.21. The Morgan fingerprint density at radius 2 is 1.67 bits per heavy atom. The minimum atomic E-state index is 0.742. The van der Waals surface area contributed by atoms with E-state index in [1.165, 1.54) is 61.6 Å². The molecule has 0 spiro atoms. The topological polar surface area (TPSA) is 12.0 Å². The van der Waals surface area contributed by atoms with Crippen LogP contribution in [0.25, 0.3) is 0 Å². The van der Waals surface area contributed by atoms with Gasteiger partial charge in [-0.05, 0) is 37.8 Å². The monoisotopic (exact) mass is 245 g/mol. The normalized spacial score (nSPS) is 18.3. The second-order valence-electron chi connectivity index (χ2n) is 5.85. The predicted octanol–water partition coefficient (Wildman–Crippen LogP) is 4.51. The van der Waals surface area contributed by atoms with E-state index < -0.39 is 0 Å². The van der Waals surface area contributed by atoms with Crippen molar-refractivity contribution in [3.63, 3.8) is 0 Å². The third kappa shape index (κ3) is 4.13. The lowest BCUT2D eigenvalue weighted by atomic mass is 9.96. The number of benzene rings is 1. The average molecular weight is 245 g/mol. The van der Waals surface area contributed by atoms with Crippen LogP contribution in [0.3, 0.4) is 0 Å². The smallest absolute Gasteiger partial charge is 0.0210 e. The minimum absolute atomic E-state index is 0.742. The van der Waals surface area contributed by atoms with Crippen molar-refractivity contribution >= 4 is 0 Å². The Kier molecular flexibility index (Phi) is 5.25. The highest BCUT2D eigenvalue weighted by atomic mass is 14.9. The van der Waals surface area contributed by atoms with Gasteiger partial charge in [-0.3, -0.25) is 0 Å². The lowest BCUT2D eigenvalue weighted by Crippen LogP contribution is -2.29. The summed E-state index contributed by atoms with van der Waals surface area (Å²) in [7, 11) is 0. The van der Waals surface area contributed by atoms with E-state index in [9.17, 15) is 0 Å². The van der Waals surface area contributed by atoms with Crippen LogP contribution in [0.1, 0.15) is 61.6 Å². The van der Waals surface area contributed by atoms with E-state index in [2.05, 4.69) is 37.4 Å². The first-order valence-corrected chi connectivity index (χ1v) is 7.55. The summed E-state index contributed by atoms with van der Waals surface area (Å²) < 4.78 is 0. The summed E-state index contributed by atoms with van der Waals surface area (Å²) in [5.74, 6) is 0. The van der Waals surface area contributed by atoms with E-state index in [1.807, 2.05) is 0 Å². The summed E-state index contributed by atoms with van der Waals surface area (Å²) in [4.78, 5) is 0. The van der Waals surface area contributed by atoms with Gasteiger partial charge in [0.15, 0.2) is 0 Å². The zero-order chi connectivity index (χ0) is 12.8. The summed E-state index contributed by atoms with van der Waals surface area (Å²) in [5, 5.41) is 3.77. The molecule has 100 valence electrons. The Bertz CT molecular complexity index is 362. The minimum Gasteiger partial charge on any atom is -0.310 e. The van der Waals surface area contributed by atoms with Gasteiger partial charge in [0.2, 0.25) is 0 Å². The van der Waals surface area contributed by atoms with Crippen molar-refractivity contribution in [3.05, 3.63) is 34.9 Å². The fourth-order valence-corrected chi connectivity index (χ4v) is 2.96. The molecular weight excluding hydrogens is 218 g/mol. The van der Waals surface area contributed by atoms with Crippen LogP contribution >= 0.6 is 0 Å². The van der Waals surface area contributed by atoms with Crippen molar-refractivity contribution in [2.24, 2.45) is 0 Å². The second-order valence-corrected chi connectivity index (χ2v) is 5.85. The van der Waals surface area contributed by atoms with Crippen molar-refractivity contribution in [1.29, 1.82) is 0 Å². The van der Waals surface area contributed by atoms with Crippen LogP contribution in [-0.2, 0) is 6.54 Å². The Morgan fingerprint density at radius 1 is 1.00 bits per heavy atom. The first kappa shape index (κ1) is 13.6. The van der Waals surface area contributed by atoms with Crippen LogP contribution < -0.4 is 5.32 Å². The molecule has 1 aliphatic rings. The van der Waals surface area contributed by atoms with Gasteiger partial charge < -0.3 is 5.32 Å². The predicted molar refractivity (Wildman–Crippen MR) is 78.9 cm³/mol. The van der Waals surface area contributed by atoms with Crippen molar-refractivity contribution in [1.82, 2.24) is 5.32 Å². The van der Waals surface area contributed by atoms with Crippen LogP contribution in [-0.4, -0.2) is 6.04 Å². The third-order valence-electron chi connectivity index (χ3n) is 4.18. The van der Waals surface area contributed by atoms with Crippen molar-refractivity contribution in [3.8, 4) is 0 Å². The summed E-state index contributed by atoms with van der Waals surface area (Å²) in [6.45, 7) is 5.43. The van der Waals surface area contributed by atoms with Crippen LogP contribution in [0.5, 0.6) is 0 Å². The number of nitrogens with one attached hydrogen (secondary N) is 1. The average Bonchev–Trinajstić information content (AvgIpc) is 2.29. The molecule has 0 saturated heterocycles.